The van der Waals surface area contributed by atoms with E-state index in [0.29, 0.717) is 19.6 Å². The van der Waals surface area contributed by atoms with E-state index < -0.39 is 11.7 Å². The average Bonchev–Trinajstić information content (AvgIpc) is 2.61. The van der Waals surface area contributed by atoms with E-state index >= 15 is 0 Å². The summed E-state index contributed by atoms with van der Waals surface area (Å²) in [4.78, 5) is 15.2. The molecule has 2 aromatic carbocycles. The number of nitrogens with zero attached hydrogens (tertiary/aromatic N) is 2. The van der Waals surface area contributed by atoms with Crippen molar-refractivity contribution in [1.29, 1.82) is 0 Å². The van der Waals surface area contributed by atoms with Gasteiger partial charge in [-0.05, 0) is 36.4 Å². The molecule has 0 radical (unpaired) electrons. The third-order valence-electron chi connectivity index (χ3n) is 4.37. The highest BCUT2D eigenvalue weighted by Crippen LogP contribution is 2.38. The van der Waals surface area contributed by atoms with Crippen LogP contribution in [0.1, 0.15) is 12.5 Å². The van der Waals surface area contributed by atoms with Gasteiger partial charge in [0.2, 0.25) is 5.91 Å². The zero-order valence-corrected chi connectivity index (χ0v) is 14.4. The second-order valence-electron chi connectivity index (χ2n) is 6.15. The van der Waals surface area contributed by atoms with E-state index in [2.05, 4.69) is 10.2 Å². The fraction of sp³-hybridized carbons (Fsp3) is 0.316. The number of nitrogens with one attached hydrogen (secondary N) is 1. The molecule has 0 fully saturated rings. The van der Waals surface area contributed by atoms with Gasteiger partial charge >= 0.3 is 6.18 Å². The minimum Gasteiger partial charge on any atom is -0.366 e. The number of fused-ring (bicyclic) bond motifs is 1. The van der Waals surface area contributed by atoms with Crippen molar-refractivity contribution < 1.29 is 18.0 Å². The Labute approximate surface area is 150 Å². The molecule has 0 aromatic heterocycles. The highest BCUT2D eigenvalue weighted by molar-refractivity contribution is 5.79. The first-order valence-corrected chi connectivity index (χ1v) is 8.39. The number of para-hydroxylation sites is 2. The number of hydrogen-bond donors (Lipinski definition) is 1. The van der Waals surface area contributed by atoms with Crippen molar-refractivity contribution in [2.75, 3.05) is 36.0 Å². The second-order valence-corrected chi connectivity index (χ2v) is 6.15. The number of rotatable bonds is 4. The van der Waals surface area contributed by atoms with Crippen LogP contribution < -0.4 is 15.1 Å². The first kappa shape index (κ1) is 18.1. The molecule has 3 rings (SSSR count). The molecular formula is C19H20F3N3O. The number of alkyl halides is 3. The van der Waals surface area contributed by atoms with E-state index in [1.54, 1.807) is 0 Å². The molecule has 0 unspecified atom stereocenters. The van der Waals surface area contributed by atoms with E-state index in [0.717, 1.165) is 35.7 Å². The van der Waals surface area contributed by atoms with Crippen LogP contribution in [0.15, 0.2) is 48.5 Å². The number of hydrogen-bond acceptors (Lipinski definition) is 3. The summed E-state index contributed by atoms with van der Waals surface area (Å²) in [5.41, 5.74) is 2.03. The van der Waals surface area contributed by atoms with Crippen LogP contribution in [-0.4, -0.2) is 32.1 Å². The minimum atomic E-state index is -4.33. The molecular weight excluding hydrogens is 343 g/mol. The molecule has 138 valence electrons. The van der Waals surface area contributed by atoms with Crippen molar-refractivity contribution in [2.24, 2.45) is 0 Å². The summed E-state index contributed by atoms with van der Waals surface area (Å²) >= 11 is 0. The van der Waals surface area contributed by atoms with Crippen LogP contribution in [0.25, 0.3) is 0 Å². The van der Waals surface area contributed by atoms with Gasteiger partial charge in [0.15, 0.2) is 0 Å². The van der Waals surface area contributed by atoms with Gasteiger partial charge in [-0.25, -0.2) is 0 Å². The van der Waals surface area contributed by atoms with Crippen LogP contribution in [0.5, 0.6) is 0 Å². The third kappa shape index (κ3) is 3.92. The summed E-state index contributed by atoms with van der Waals surface area (Å²) < 4.78 is 38.3. The zero-order chi connectivity index (χ0) is 18.7. The Bertz CT molecular complexity index is 774. The van der Waals surface area contributed by atoms with Crippen molar-refractivity contribution in [2.45, 2.75) is 13.1 Å². The number of benzene rings is 2. The molecule has 2 aromatic rings. The normalized spacial score (nSPS) is 14.2. The summed E-state index contributed by atoms with van der Waals surface area (Å²) in [5.74, 6) is -0.0679. The SMILES string of the molecule is CC(=O)NCCN1CCN(c2ccc(C(F)(F)F)cc2)c2ccccc21. The van der Waals surface area contributed by atoms with Crippen molar-refractivity contribution in [3.63, 3.8) is 0 Å². The summed E-state index contributed by atoms with van der Waals surface area (Å²) in [6.45, 7) is 4.08. The van der Waals surface area contributed by atoms with Gasteiger partial charge in [-0.1, -0.05) is 12.1 Å². The highest BCUT2D eigenvalue weighted by Gasteiger charge is 2.30. The van der Waals surface area contributed by atoms with Gasteiger partial charge in [-0.3, -0.25) is 4.79 Å². The molecule has 1 amide bonds. The largest absolute Gasteiger partial charge is 0.416 e. The second kappa shape index (κ2) is 7.27. The Morgan fingerprint density at radius 3 is 2.31 bits per heavy atom. The molecule has 0 saturated heterocycles. The maximum Gasteiger partial charge on any atom is 0.416 e. The molecule has 1 aliphatic heterocycles. The van der Waals surface area contributed by atoms with Crippen LogP contribution >= 0.6 is 0 Å². The van der Waals surface area contributed by atoms with Crippen LogP contribution in [0.4, 0.5) is 30.2 Å². The molecule has 1 N–H and O–H groups in total. The van der Waals surface area contributed by atoms with Gasteiger partial charge in [-0.2, -0.15) is 13.2 Å². The average molecular weight is 363 g/mol. The first-order chi connectivity index (χ1) is 12.4. The van der Waals surface area contributed by atoms with E-state index in [-0.39, 0.29) is 5.91 Å². The van der Waals surface area contributed by atoms with Gasteiger partial charge in [0.05, 0.1) is 16.9 Å². The van der Waals surface area contributed by atoms with Crippen molar-refractivity contribution in [3.05, 3.63) is 54.1 Å². The number of anilines is 3. The van der Waals surface area contributed by atoms with E-state index in [1.807, 2.05) is 29.2 Å². The molecule has 0 atom stereocenters. The highest BCUT2D eigenvalue weighted by atomic mass is 19.4. The topological polar surface area (TPSA) is 35.6 Å². The lowest BCUT2D eigenvalue weighted by Gasteiger charge is -2.39. The predicted octanol–water partition coefficient (Wildman–Crippen LogP) is 3.80. The first-order valence-electron chi connectivity index (χ1n) is 8.39. The van der Waals surface area contributed by atoms with E-state index in [4.69, 9.17) is 0 Å². The summed E-state index contributed by atoms with van der Waals surface area (Å²) in [7, 11) is 0. The maximum atomic E-state index is 12.8. The molecule has 4 nitrogen and oxygen atoms in total. The summed E-state index contributed by atoms with van der Waals surface area (Å²) in [6.07, 6.45) is -4.33. The summed E-state index contributed by atoms with van der Waals surface area (Å²) in [6, 6.07) is 13.0. The van der Waals surface area contributed by atoms with Gasteiger partial charge in [-0.15, -0.1) is 0 Å². The zero-order valence-electron chi connectivity index (χ0n) is 14.4. The Hall–Kier alpha value is -2.70. The molecule has 0 aliphatic carbocycles. The summed E-state index contributed by atoms with van der Waals surface area (Å²) in [5, 5.41) is 2.79. The van der Waals surface area contributed by atoms with Gasteiger partial charge in [0.1, 0.15) is 0 Å². The smallest absolute Gasteiger partial charge is 0.366 e. The minimum absolute atomic E-state index is 0.0679. The van der Waals surface area contributed by atoms with E-state index in [9.17, 15) is 18.0 Å². The molecule has 0 saturated carbocycles. The maximum absolute atomic E-state index is 12.8. The lowest BCUT2D eigenvalue weighted by molar-refractivity contribution is -0.137. The number of halogens is 3. The van der Waals surface area contributed by atoms with Crippen molar-refractivity contribution in [1.82, 2.24) is 5.32 Å². The number of carbonyl (C=O) groups excluding carboxylic acids is 1. The number of carbonyl (C=O) groups is 1. The van der Waals surface area contributed by atoms with E-state index in [1.165, 1.54) is 19.1 Å². The van der Waals surface area contributed by atoms with Gasteiger partial charge in [0.25, 0.3) is 0 Å². The molecule has 1 heterocycles. The Kier molecular flexibility index (Phi) is 5.06. The van der Waals surface area contributed by atoms with Crippen LogP contribution in [-0.2, 0) is 11.0 Å². The standard InChI is InChI=1S/C19H20F3N3O/c1-14(26)23-10-11-24-12-13-25(18-5-3-2-4-17(18)24)16-8-6-15(7-9-16)19(20,21)22/h2-9H,10-13H2,1H3,(H,23,26). The lowest BCUT2D eigenvalue weighted by atomic mass is 10.1. The van der Waals surface area contributed by atoms with Crippen molar-refractivity contribution in [3.8, 4) is 0 Å². The fourth-order valence-corrected chi connectivity index (χ4v) is 3.12. The number of amides is 1. The predicted molar refractivity (Wildman–Crippen MR) is 95.8 cm³/mol. The molecule has 0 spiro atoms. The third-order valence-corrected chi connectivity index (χ3v) is 4.37. The molecule has 26 heavy (non-hydrogen) atoms. The van der Waals surface area contributed by atoms with Gasteiger partial charge < -0.3 is 15.1 Å². The quantitative estimate of drug-likeness (QED) is 0.898. The van der Waals surface area contributed by atoms with Crippen LogP contribution in [0.3, 0.4) is 0 Å². The Morgan fingerprint density at radius 2 is 1.69 bits per heavy atom. The Morgan fingerprint density at radius 1 is 1.04 bits per heavy atom. The van der Waals surface area contributed by atoms with Gasteiger partial charge in [0, 0.05) is 38.8 Å². The molecule has 7 heteroatoms. The van der Waals surface area contributed by atoms with Crippen LogP contribution in [0.2, 0.25) is 0 Å². The van der Waals surface area contributed by atoms with Crippen LogP contribution in [0, 0.1) is 0 Å². The molecule has 1 aliphatic rings. The molecule has 0 bridgehead atoms. The fourth-order valence-electron chi connectivity index (χ4n) is 3.12. The van der Waals surface area contributed by atoms with Crippen molar-refractivity contribution >= 4 is 23.0 Å². The monoisotopic (exact) mass is 363 g/mol. The lowest BCUT2D eigenvalue weighted by Crippen LogP contribution is -2.42. The Balaban J connectivity index is 1.82.